The minimum Gasteiger partial charge on any atom is -0.475 e. The second-order valence-corrected chi connectivity index (χ2v) is 4.55. The Hall–Kier alpha value is -2.63. The summed E-state index contributed by atoms with van der Waals surface area (Å²) in [5.41, 5.74) is 2.25. The van der Waals surface area contributed by atoms with Crippen LogP contribution in [0.5, 0.6) is 0 Å². The third-order valence-electron chi connectivity index (χ3n) is 3.22. The van der Waals surface area contributed by atoms with Gasteiger partial charge in [-0.2, -0.15) is 0 Å². The van der Waals surface area contributed by atoms with E-state index < -0.39 is 5.97 Å². The first kappa shape index (κ1) is 12.4. The van der Waals surface area contributed by atoms with Gasteiger partial charge in [0.2, 0.25) is 5.76 Å². The third kappa shape index (κ3) is 2.05. The molecule has 0 aliphatic carbocycles. The molecule has 1 aliphatic heterocycles. The van der Waals surface area contributed by atoms with Gasteiger partial charge in [-0.15, -0.1) is 0 Å². The lowest BCUT2D eigenvalue weighted by Gasteiger charge is -2.15. The first-order valence-electron chi connectivity index (χ1n) is 6.22. The number of aromatic nitrogens is 1. The van der Waals surface area contributed by atoms with Crippen molar-refractivity contribution < 1.29 is 14.4 Å². The van der Waals surface area contributed by atoms with Gasteiger partial charge < -0.3 is 14.5 Å². The van der Waals surface area contributed by atoms with E-state index in [1.165, 1.54) is 6.07 Å². The molecule has 0 unspecified atom stereocenters. The lowest BCUT2D eigenvalue weighted by molar-refractivity contribution is 0.0652. The van der Waals surface area contributed by atoms with Crippen LogP contribution in [0.15, 0.2) is 39.8 Å². The fraction of sp³-hybridized carbons (Fsp3) is 0.214. The number of carboxylic acids is 1. The number of hydrogen-bond acceptors (Lipinski definition) is 5. The van der Waals surface area contributed by atoms with Crippen LogP contribution >= 0.6 is 0 Å². The molecule has 0 saturated heterocycles. The fourth-order valence-corrected chi connectivity index (χ4v) is 2.23. The highest BCUT2D eigenvalue weighted by atomic mass is 16.5. The third-order valence-corrected chi connectivity index (χ3v) is 3.22. The highest BCUT2D eigenvalue weighted by molar-refractivity contribution is 6.05. The Morgan fingerprint density at radius 3 is 2.70 bits per heavy atom. The highest BCUT2D eigenvalue weighted by Gasteiger charge is 2.20. The lowest BCUT2D eigenvalue weighted by atomic mass is 10.0. The molecule has 1 aromatic heterocycles. The molecule has 2 heterocycles. The summed E-state index contributed by atoms with van der Waals surface area (Å²) in [4.78, 5) is 17.4. The van der Waals surface area contributed by atoms with Gasteiger partial charge in [-0.05, 0) is 0 Å². The molecule has 0 bridgehead atoms. The zero-order chi connectivity index (χ0) is 14.1. The van der Waals surface area contributed by atoms with Crippen LogP contribution in [0.4, 0.5) is 0 Å². The normalized spacial score (nSPS) is 14.4. The number of nitrogens with zero attached hydrogens (tertiary/aromatic N) is 3. The van der Waals surface area contributed by atoms with Crippen LogP contribution in [-0.4, -0.2) is 47.1 Å². The minimum atomic E-state index is -1.13. The monoisotopic (exact) mass is 271 g/mol. The average molecular weight is 271 g/mol. The average Bonchev–Trinajstić information content (AvgIpc) is 3.07. The summed E-state index contributed by atoms with van der Waals surface area (Å²) >= 11 is 0. The zero-order valence-electron chi connectivity index (χ0n) is 10.9. The molecule has 1 aliphatic rings. The zero-order valence-corrected chi connectivity index (χ0v) is 10.9. The van der Waals surface area contributed by atoms with E-state index in [9.17, 15) is 4.79 Å². The number of rotatable bonds is 3. The number of aliphatic imine (C=N–C) groups is 1. The molecular weight excluding hydrogens is 258 g/mol. The number of likely N-dealkylation sites (N-methyl/N-ethyl adjacent to an activating group) is 1. The van der Waals surface area contributed by atoms with Crippen molar-refractivity contribution in [2.45, 2.75) is 0 Å². The molecule has 0 atom stereocenters. The van der Waals surface area contributed by atoms with Crippen LogP contribution in [0, 0.1) is 0 Å². The summed E-state index contributed by atoms with van der Waals surface area (Å²) in [5, 5.41) is 12.7. The largest absolute Gasteiger partial charge is 0.475 e. The number of aromatic carboxylic acids is 1. The van der Waals surface area contributed by atoms with Crippen LogP contribution in [-0.2, 0) is 0 Å². The van der Waals surface area contributed by atoms with E-state index in [1.807, 2.05) is 31.3 Å². The molecule has 1 aromatic carbocycles. The molecule has 0 spiro atoms. The standard InChI is InChI=1S/C14H13N3O3/c1-17-7-6-15-13(17)10-5-3-2-4-9(10)11-8-12(14(18)19)20-16-11/h2-5,8H,6-7H2,1H3,(H,18,19). The van der Waals surface area contributed by atoms with Crippen molar-refractivity contribution in [2.75, 3.05) is 20.1 Å². The Morgan fingerprint density at radius 1 is 1.35 bits per heavy atom. The van der Waals surface area contributed by atoms with Crippen LogP contribution in [0.25, 0.3) is 11.3 Å². The van der Waals surface area contributed by atoms with Gasteiger partial charge in [0.1, 0.15) is 11.5 Å². The van der Waals surface area contributed by atoms with Crippen LogP contribution < -0.4 is 0 Å². The van der Waals surface area contributed by atoms with E-state index in [-0.39, 0.29) is 5.76 Å². The molecule has 3 rings (SSSR count). The molecule has 20 heavy (non-hydrogen) atoms. The van der Waals surface area contributed by atoms with Gasteiger partial charge in [-0.1, -0.05) is 29.4 Å². The van der Waals surface area contributed by atoms with Crippen molar-refractivity contribution in [1.82, 2.24) is 10.1 Å². The van der Waals surface area contributed by atoms with Gasteiger partial charge >= 0.3 is 5.97 Å². The Kier molecular flexibility index (Phi) is 2.98. The summed E-state index contributed by atoms with van der Waals surface area (Å²) in [6.45, 7) is 1.64. The molecule has 1 N–H and O–H groups in total. The molecule has 0 amide bonds. The fourth-order valence-electron chi connectivity index (χ4n) is 2.23. The van der Waals surface area contributed by atoms with E-state index in [4.69, 9.17) is 9.63 Å². The predicted octanol–water partition coefficient (Wildman–Crippen LogP) is 1.73. The van der Waals surface area contributed by atoms with Crippen molar-refractivity contribution in [3.8, 4) is 11.3 Å². The van der Waals surface area contributed by atoms with Gasteiger partial charge in [0.05, 0.1) is 6.54 Å². The maximum absolute atomic E-state index is 10.9. The van der Waals surface area contributed by atoms with Crippen LogP contribution in [0.1, 0.15) is 16.1 Å². The number of amidine groups is 1. The van der Waals surface area contributed by atoms with Gasteiger partial charge in [0, 0.05) is 30.8 Å². The molecular formula is C14H13N3O3. The van der Waals surface area contributed by atoms with Gasteiger partial charge in [0.25, 0.3) is 0 Å². The van der Waals surface area contributed by atoms with Crippen LogP contribution in [0.3, 0.4) is 0 Å². The van der Waals surface area contributed by atoms with E-state index >= 15 is 0 Å². The van der Waals surface area contributed by atoms with Gasteiger partial charge in [-0.3, -0.25) is 4.99 Å². The minimum absolute atomic E-state index is 0.170. The van der Waals surface area contributed by atoms with Crippen molar-refractivity contribution in [1.29, 1.82) is 0 Å². The molecule has 2 aromatic rings. The smallest absolute Gasteiger partial charge is 0.374 e. The van der Waals surface area contributed by atoms with E-state index in [1.54, 1.807) is 0 Å². The molecule has 0 saturated carbocycles. The Labute approximate surface area is 115 Å². The van der Waals surface area contributed by atoms with Crippen molar-refractivity contribution in [3.63, 3.8) is 0 Å². The quantitative estimate of drug-likeness (QED) is 0.919. The highest BCUT2D eigenvalue weighted by Crippen LogP contribution is 2.25. The van der Waals surface area contributed by atoms with E-state index in [2.05, 4.69) is 15.0 Å². The van der Waals surface area contributed by atoms with E-state index in [0.29, 0.717) is 5.69 Å². The molecule has 102 valence electrons. The summed E-state index contributed by atoms with van der Waals surface area (Å²) in [7, 11) is 1.98. The van der Waals surface area contributed by atoms with Gasteiger partial charge in [-0.25, -0.2) is 4.79 Å². The number of carboxylic acid groups (broad SMARTS) is 1. The summed E-state index contributed by atoms with van der Waals surface area (Å²) in [6.07, 6.45) is 0. The van der Waals surface area contributed by atoms with Crippen molar-refractivity contribution in [3.05, 3.63) is 41.7 Å². The summed E-state index contributed by atoms with van der Waals surface area (Å²) < 4.78 is 4.82. The van der Waals surface area contributed by atoms with Crippen LogP contribution in [0.2, 0.25) is 0 Å². The first-order chi connectivity index (χ1) is 9.66. The van der Waals surface area contributed by atoms with Crippen molar-refractivity contribution >= 4 is 11.8 Å². The van der Waals surface area contributed by atoms with Gasteiger partial charge in [0.15, 0.2) is 0 Å². The van der Waals surface area contributed by atoms with E-state index in [0.717, 1.165) is 30.1 Å². The first-order valence-corrected chi connectivity index (χ1v) is 6.22. The Morgan fingerprint density at radius 2 is 2.10 bits per heavy atom. The number of benzene rings is 1. The second kappa shape index (κ2) is 4.80. The Bertz CT molecular complexity index is 690. The summed E-state index contributed by atoms with van der Waals surface area (Å²) in [5.74, 6) is -0.409. The number of carbonyl (C=O) groups is 1. The molecule has 0 radical (unpaired) electrons. The Balaban J connectivity index is 2.07. The second-order valence-electron chi connectivity index (χ2n) is 4.55. The maximum atomic E-state index is 10.9. The number of hydrogen-bond donors (Lipinski definition) is 1. The molecule has 6 nitrogen and oxygen atoms in total. The topological polar surface area (TPSA) is 78.9 Å². The maximum Gasteiger partial charge on any atom is 0.374 e. The summed E-state index contributed by atoms with van der Waals surface area (Å²) in [6, 6.07) is 9.06. The molecule has 0 fully saturated rings. The van der Waals surface area contributed by atoms with Crippen molar-refractivity contribution in [2.24, 2.45) is 4.99 Å². The predicted molar refractivity (Wildman–Crippen MR) is 72.9 cm³/mol. The molecule has 6 heteroatoms. The lowest BCUT2D eigenvalue weighted by Crippen LogP contribution is -2.23. The SMILES string of the molecule is CN1CCN=C1c1ccccc1-c1cc(C(=O)O)on1.